The Bertz CT molecular complexity index is 1590. The molecule has 182 valence electrons. The molecule has 36 heavy (non-hydrogen) atoms. The molecule has 4 aromatic rings. The van der Waals surface area contributed by atoms with Crippen LogP contribution in [0.5, 0.6) is 5.75 Å². The number of halogens is 1. The Kier molecular flexibility index (Phi) is 6.95. The summed E-state index contributed by atoms with van der Waals surface area (Å²) in [5, 5.41) is 13.1. The molecule has 0 bridgehead atoms. The van der Waals surface area contributed by atoms with E-state index < -0.39 is 17.2 Å². The summed E-state index contributed by atoms with van der Waals surface area (Å²) in [4.78, 5) is 40.3. The third-order valence-electron chi connectivity index (χ3n) is 5.97. The predicted octanol–water partition coefficient (Wildman–Crippen LogP) is 6.02. The fraction of sp³-hybridized carbons (Fsp3) is 0.138. The number of pyridine rings is 1. The van der Waals surface area contributed by atoms with E-state index in [0.29, 0.717) is 15.8 Å². The van der Waals surface area contributed by atoms with Gasteiger partial charge in [0.05, 0.1) is 11.3 Å². The van der Waals surface area contributed by atoms with Crippen LogP contribution in [0.25, 0.3) is 5.69 Å². The molecular weight excluding hydrogens is 520 g/mol. The molecule has 0 atom stereocenters. The fourth-order valence-electron chi connectivity index (χ4n) is 4.11. The van der Waals surface area contributed by atoms with Crippen LogP contribution in [0.2, 0.25) is 0 Å². The lowest BCUT2D eigenvalue weighted by atomic mass is 10.0. The van der Waals surface area contributed by atoms with E-state index in [9.17, 15) is 19.5 Å². The van der Waals surface area contributed by atoms with E-state index in [-0.39, 0.29) is 22.4 Å². The number of hydrogen-bond acceptors (Lipinski definition) is 4. The number of ketones is 1. The number of amides is 1. The highest BCUT2D eigenvalue weighted by atomic mass is 79.9. The Morgan fingerprint density at radius 1 is 0.833 bits per heavy atom. The number of nitrogens with one attached hydrogen (secondary N) is 1. The highest BCUT2D eigenvalue weighted by Crippen LogP contribution is 2.26. The number of rotatable bonds is 5. The van der Waals surface area contributed by atoms with Crippen LogP contribution in [-0.4, -0.2) is 21.4 Å². The second-order valence-corrected chi connectivity index (χ2v) is 9.79. The lowest BCUT2D eigenvalue weighted by Gasteiger charge is -2.15. The molecular formula is C29H25BrN2O4. The van der Waals surface area contributed by atoms with Gasteiger partial charge >= 0.3 is 0 Å². The maximum Gasteiger partial charge on any atom is 0.267 e. The normalized spacial score (nSPS) is 10.8. The fourth-order valence-corrected chi connectivity index (χ4v) is 4.47. The summed E-state index contributed by atoms with van der Waals surface area (Å²) in [5.41, 5.74) is 4.26. The van der Waals surface area contributed by atoms with Gasteiger partial charge < -0.3 is 10.4 Å². The molecule has 0 saturated heterocycles. The summed E-state index contributed by atoms with van der Waals surface area (Å²) in [7, 11) is 0. The summed E-state index contributed by atoms with van der Waals surface area (Å²) < 4.78 is 1.92. The van der Waals surface area contributed by atoms with Crippen LogP contribution < -0.4 is 10.9 Å². The van der Waals surface area contributed by atoms with Crippen molar-refractivity contribution in [2.45, 2.75) is 27.7 Å². The zero-order chi connectivity index (χ0) is 26.1. The van der Waals surface area contributed by atoms with Crippen molar-refractivity contribution < 1.29 is 14.7 Å². The molecule has 1 amide bonds. The lowest BCUT2D eigenvalue weighted by Crippen LogP contribution is -2.30. The van der Waals surface area contributed by atoms with Gasteiger partial charge in [-0.1, -0.05) is 51.3 Å². The number of phenolic OH excluding ortho intramolecular Hbond substituents is 1. The van der Waals surface area contributed by atoms with Crippen molar-refractivity contribution >= 4 is 33.3 Å². The van der Waals surface area contributed by atoms with E-state index in [1.165, 1.54) is 29.0 Å². The van der Waals surface area contributed by atoms with Gasteiger partial charge in [-0.2, -0.15) is 0 Å². The third-order valence-corrected chi connectivity index (χ3v) is 6.46. The zero-order valence-corrected chi connectivity index (χ0v) is 21.9. The number of carbonyl (C=O) groups is 2. The van der Waals surface area contributed by atoms with Gasteiger partial charge in [-0.3, -0.25) is 19.0 Å². The molecule has 1 aromatic heterocycles. The first kappa shape index (κ1) is 25.1. The van der Waals surface area contributed by atoms with E-state index >= 15 is 0 Å². The maximum absolute atomic E-state index is 13.5. The summed E-state index contributed by atoms with van der Waals surface area (Å²) in [6.45, 7) is 7.62. The standard InChI is InChI=1S/C29H25BrN2O4/c1-16-5-8-24(18(3)11-16)31-28(35)23-13-20(27(34)22-14-21(30)7-10-26(22)33)15-32(29(23)36)25-9-6-17(2)12-19(25)4/h5-15,33H,1-4H3,(H,31,35). The lowest BCUT2D eigenvalue weighted by molar-refractivity contribution is 0.102. The van der Waals surface area contributed by atoms with Crippen molar-refractivity contribution in [3.63, 3.8) is 0 Å². The minimum absolute atomic E-state index is 0.0518. The van der Waals surface area contributed by atoms with Crippen LogP contribution in [0.15, 0.2) is 76.1 Å². The largest absolute Gasteiger partial charge is 0.507 e. The van der Waals surface area contributed by atoms with Crippen molar-refractivity contribution in [2.24, 2.45) is 0 Å². The van der Waals surface area contributed by atoms with E-state index in [1.54, 1.807) is 18.2 Å². The van der Waals surface area contributed by atoms with Gasteiger partial charge in [0, 0.05) is 21.9 Å². The number of anilines is 1. The number of nitrogens with zero attached hydrogens (tertiary/aromatic N) is 1. The number of phenols is 1. The molecule has 0 aliphatic heterocycles. The summed E-state index contributed by atoms with van der Waals surface area (Å²) in [6.07, 6.45) is 1.41. The highest BCUT2D eigenvalue weighted by molar-refractivity contribution is 9.10. The molecule has 0 fully saturated rings. The van der Waals surface area contributed by atoms with E-state index in [1.807, 2.05) is 52.0 Å². The molecule has 0 aliphatic rings. The van der Waals surface area contributed by atoms with Gasteiger partial charge in [0.25, 0.3) is 11.5 Å². The summed E-state index contributed by atoms with van der Waals surface area (Å²) in [5.74, 6) is -1.35. The van der Waals surface area contributed by atoms with Crippen LogP contribution in [0, 0.1) is 27.7 Å². The molecule has 0 radical (unpaired) electrons. The average Bonchev–Trinajstić information content (AvgIpc) is 2.82. The Balaban J connectivity index is 1.90. The first-order valence-corrected chi connectivity index (χ1v) is 12.1. The van der Waals surface area contributed by atoms with Crippen molar-refractivity contribution in [1.29, 1.82) is 0 Å². The quantitative estimate of drug-likeness (QED) is 0.300. The minimum Gasteiger partial charge on any atom is -0.507 e. The third kappa shape index (κ3) is 5.02. The van der Waals surface area contributed by atoms with E-state index in [2.05, 4.69) is 21.2 Å². The summed E-state index contributed by atoms with van der Waals surface area (Å²) >= 11 is 3.32. The molecule has 0 spiro atoms. The Morgan fingerprint density at radius 3 is 2.17 bits per heavy atom. The van der Waals surface area contributed by atoms with E-state index in [4.69, 9.17) is 0 Å². The van der Waals surface area contributed by atoms with Gasteiger partial charge in [0.1, 0.15) is 11.3 Å². The molecule has 3 aromatic carbocycles. The van der Waals surface area contributed by atoms with Crippen molar-refractivity contribution in [3.05, 3.63) is 121 Å². The first-order chi connectivity index (χ1) is 17.0. The summed E-state index contributed by atoms with van der Waals surface area (Å²) in [6, 6.07) is 16.9. The van der Waals surface area contributed by atoms with Gasteiger partial charge in [-0.05, 0) is 75.2 Å². The minimum atomic E-state index is -0.626. The number of carbonyl (C=O) groups excluding carboxylic acids is 2. The number of aryl methyl sites for hydroxylation is 4. The number of hydrogen-bond donors (Lipinski definition) is 2. The van der Waals surface area contributed by atoms with Gasteiger partial charge in [-0.15, -0.1) is 0 Å². The van der Waals surface area contributed by atoms with Crippen LogP contribution >= 0.6 is 15.9 Å². The Morgan fingerprint density at radius 2 is 1.50 bits per heavy atom. The second kappa shape index (κ2) is 9.95. The molecule has 0 unspecified atom stereocenters. The highest BCUT2D eigenvalue weighted by Gasteiger charge is 2.22. The molecule has 0 saturated carbocycles. The monoisotopic (exact) mass is 544 g/mol. The van der Waals surface area contributed by atoms with Crippen molar-refractivity contribution in [1.82, 2.24) is 4.57 Å². The predicted molar refractivity (Wildman–Crippen MR) is 145 cm³/mol. The SMILES string of the molecule is Cc1ccc(NC(=O)c2cc(C(=O)c3cc(Br)ccc3O)cn(-c3ccc(C)cc3C)c2=O)c(C)c1. The van der Waals surface area contributed by atoms with E-state index in [0.717, 1.165) is 22.3 Å². The Hall–Kier alpha value is -3.97. The number of aromatic hydroxyl groups is 1. The zero-order valence-electron chi connectivity index (χ0n) is 20.3. The smallest absolute Gasteiger partial charge is 0.267 e. The number of benzene rings is 3. The van der Waals surface area contributed by atoms with Crippen LogP contribution in [0.1, 0.15) is 48.5 Å². The molecule has 6 nitrogen and oxygen atoms in total. The molecule has 0 aliphatic carbocycles. The molecule has 2 N–H and O–H groups in total. The first-order valence-electron chi connectivity index (χ1n) is 11.3. The van der Waals surface area contributed by atoms with Crippen LogP contribution in [0.3, 0.4) is 0 Å². The van der Waals surface area contributed by atoms with Gasteiger partial charge in [-0.25, -0.2) is 0 Å². The maximum atomic E-state index is 13.5. The van der Waals surface area contributed by atoms with Crippen LogP contribution in [-0.2, 0) is 0 Å². The molecule has 4 rings (SSSR count). The average molecular weight is 545 g/mol. The van der Waals surface area contributed by atoms with Crippen LogP contribution in [0.4, 0.5) is 5.69 Å². The second-order valence-electron chi connectivity index (χ2n) is 8.87. The van der Waals surface area contributed by atoms with Gasteiger partial charge in [0.15, 0.2) is 5.78 Å². The molecule has 1 heterocycles. The molecule has 7 heteroatoms. The van der Waals surface area contributed by atoms with Gasteiger partial charge in [0.2, 0.25) is 0 Å². The van der Waals surface area contributed by atoms with Crippen molar-refractivity contribution in [3.8, 4) is 11.4 Å². The topological polar surface area (TPSA) is 88.4 Å². The Labute approximate surface area is 217 Å². The number of aromatic nitrogens is 1. The van der Waals surface area contributed by atoms with Crippen molar-refractivity contribution in [2.75, 3.05) is 5.32 Å².